The third-order valence-corrected chi connectivity index (χ3v) is 4.47. The smallest absolute Gasteiger partial charge is 0.421 e. The van der Waals surface area contributed by atoms with Crippen LogP contribution in [0.25, 0.3) is 0 Å². The van der Waals surface area contributed by atoms with Gasteiger partial charge in [0.25, 0.3) is 5.91 Å². The Morgan fingerprint density at radius 3 is 2.42 bits per heavy atom. The van der Waals surface area contributed by atoms with Crippen LogP contribution in [0.4, 0.5) is 13.2 Å². The SMILES string of the molecule is NC(=O)C(CC1CC1)NC(=O)c1ccc(C(F)(F)F)c(OCC2CC2)n1. The highest BCUT2D eigenvalue weighted by Crippen LogP contribution is 2.37. The van der Waals surface area contributed by atoms with Gasteiger partial charge < -0.3 is 15.8 Å². The van der Waals surface area contributed by atoms with Crippen LogP contribution < -0.4 is 15.8 Å². The van der Waals surface area contributed by atoms with Crippen molar-refractivity contribution in [1.29, 1.82) is 0 Å². The number of carbonyl (C=O) groups is 2. The van der Waals surface area contributed by atoms with Crippen molar-refractivity contribution in [2.24, 2.45) is 17.6 Å². The number of ether oxygens (including phenoxy) is 1. The molecular weight excluding hydrogens is 351 g/mol. The van der Waals surface area contributed by atoms with E-state index in [4.69, 9.17) is 10.5 Å². The van der Waals surface area contributed by atoms with Gasteiger partial charge >= 0.3 is 6.18 Å². The van der Waals surface area contributed by atoms with E-state index in [0.717, 1.165) is 37.8 Å². The minimum atomic E-state index is -4.64. The molecule has 1 heterocycles. The first-order valence-corrected chi connectivity index (χ1v) is 8.55. The third kappa shape index (κ3) is 4.86. The van der Waals surface area contributed by atoms with E-state index < -0.39 is 35.5 Å². The van der Waals surface area contributed by atoms with Gasteiger partial charge in [-0.3, -0.25) is 9.59 Å². The van der Waals surface area contributed by atoms with Gasteiger partial charge in [0.05, 0.1) is 6.61 Å². The van der Waals surface area contributed by atoms with Crippen molar-refractivity contribution in [3.8, 4) is 5.88 Å². The number of nitrogens with one attached hydrogen (secondary N) is 1. The van der Waals surface area contributed by atoms with Crippen molar-refractivity contribution >= 4 is 11.8 Å². The van der Waals surface area contributed by atoms with Gasteiger partial charge in [-0.15, -0.1) is 0 Å². The summed E-state index contributed by atoms with van der Waals surface area (Å²) in [4.78, 5) is 27.5. The molecule has 2 fully saturated rings. The van der Waals surface area contributed by atoms with E-state index in [0.29, 0.717) is 12.3 Å². The molecule has 9 heteroatoms. The maximum Gasteiger partial charge on any atom is 0.421 e. The summed E-state index contributed by atoms with van der Waals surface area (Å²) in [5, 5.41) is 2.45. The van der Waals surface area contributed by atoms with E-state index in [2.05, 4.69) is 10.3 Å². The summed E-state index contributed by atoms with van der Waals surface area (Å²) < 4.78 is 44.5. The number of nitrogens with zero attached hydrogens (tertiary/aromatic N) is 1. The van der Waals surface area contributed by atoms with E-state index in [-0.39, 0.29) is 18.2 Å². The van der Waals surface area contributed by atoms with E-state index in [1.165, 1.54) is 0 Å². The molecule has 0 radical (unpaired) electrons. The molecule has 2 amide bonds. The largest absolute Gasteiger partial charge is 0.477 e. The molecule has 0 aromatic carbocycles. The van der Waals surface area contributed by atoms with Crippen LogP contribution in [0.2, 0.25) is 0 Å². The van der Waals surface area contributed by atoms with E-state index in [1.54, 1.807) is 0 Å². The van der Waals surface area contributed by atoms with E-state index in [9.17, 15) is 22.8 Å². The quantitative estimate of drug-likeness (QED) is 0.733. The lowest BCUT2D eigenvalue weighted by atomic mass is 10.1. The zero-order chi connectivity index (χ0) is 18.9. The van der Waals surface area contributed by atoms with Gasteiger partial charge in [-0.05, 0) is 43.2 Å². The Hall–Kier alpha value is -2.32. The Morgan fingerprint density at radius 2 is 1.88 bits per heavy atom. The molecule has 142 valence electrons. The van der Waals surface area contributed by atoms with Crippen LogP contribution in [-0.4, -0.2) is 29.4 Å². The zero-order valence-corrected chi connectivity index (χ0v) is 14.0. The van der Waals surface area contributed by atoms with Crippen molar-refractivity contribution < 1.29 is 27.5 Å². The molecule has 2 saturated carbocycles. The van der Waals surface area contributed by atoms with E-state index in [1.807, 2.05) is 0 Å². The van der Waals surface area contributed by atoms with Gasteiger partial charge in [-0.25, -0.2) is 4.98 Å². The number of alkyl halides is 3. The molecule has 2 aliphatic carbocycles. The van der Waals surface area contributed by atoms with Gasteiger partial charge in [0.1, 0.15) is 17.3 Å². The fourth-order valence-electron chi connectivity index (χ4n) is 2.54. The predicted molar refractivity (Wildman–Crippen MR) is 85.2 cm³/mol. The fraction of sp³-hybridized carbons (Fsp3) is 0.588. The second-order valence-electron chi connectivity index (χ2n) is 6.91. The van der Waals surface area contributed by atoms with Crippen molar-refractivity contribution in [3.63, 3.8) is 0 Å². The van der Waals surface area contributed by atoms with Gasteiger partial charge in [0.2, 0.25) is 11.8 Å². The van der Waals surface area contributed by atoms with Crippen molar-refractivity contribution in [3.05, 3.63) is 23.4 Å². The molecule has 2 aliphatic rings. The molecule has 1 aromatic heterocycles. The molecule has 1 unspecified atom stereocenters. The molecule has 1 aromatic rings. The first-order valence-electron chi connectivity index (χ1n) is 8.55. The van der Waals surface area contributed by atoms with Crippen molar-refractivity contribution in [1.82, 2.24) is 10.3 Å². The summed E-state index contributed by atoms with van der Waals surface area (Å²) in [6, 6.07) is 0.872. The number of aromatic nitrogens is 1. The monoisotopic (exact) mass is 371 g/mol. The maximum absolute atomic E-state index is 13.1. The highest BCUT2D eigenvalue weighted by Gasteiger charge is 2.37. The van der Waals surface area contributed by atoms with Crippen molar-refractivity contribution in [2.45, 2.75) is 44.3 Å². The Bertz CT molecular complexity index is 700. The number of carbonyl (C=O) groups excluding carboxylic acids is 2. The number of amides is 2. The standard InChI is InChI=1S/C17H20F3N3O3/c18-17(19,20)11-5-6-12(23-16(11)26-8-10-3-4-10)15(25)22-13(14(21)24)7-9-1-2-9/h5-6,9-10,13H,1-4,7-8H2,(H2,21,24)(H,22,25). The maximum atomic E-state index is 13.1. The van der Waals surface area contributed by atoms with Crippen LogP contribution in [0.1, 0.15) is 48.2 Å². The van der Waals surface area contributed by atoms with Gasteiger partial charge in [0, 0.05) is 0 Å². The first kappa shape index (κ1) is 18.5. The molecule has 6 nitrogen and oxygen atoms in total. The molecule has 3 rings (SSSR count). The first-order chi connectivity index (χ1) is 12.2. The summed E-state index contributed by atoms with van der Waals surface area (Å²) in [6.07, 6.45) is -0.462. The number of hydrogen-bond donors (Lipinski definition) is 2. The van der Waals surface area contributed by atoms with Gasteiger partial charge in [-0.2, -0.15) is 13.2 Å². The summed E-state index contributed by atoms with van der Waals surface area (Å²) >= 11 is 0. The lowest BCUT2D eigenvalue weighted by Crippen LogP contribution is -2.45. The number of hydrogen-bond acceptors (Lipinski definition) is 4. The number of nitrogens with two attached hydrogens (primary N) is 1. The Labute approximate surface area is 148 Å². The molecule has 0 saturated heterocycles. The summed E-state index contributed by atoms with van der Waals surface area (Å²) in [5.74, 6) is -1.48. The number of halogens is 3. The molecule has 0 bridgehead atoms. The van der Waals surface area contributed by atoms with Gasteiger partial charge in [0.15, 0.2) is 0 Å². The Morgan fingerprint density at radius 1 is 1.23 bits per heavy atom. The predicted octanol–water partition coefficient (Wildman–Crippen LogP) is 2.27. The van der Waals surface area contributed by atoms with Crippen LogP contribution in [0.3, 0.4) is 0 Å². The second-order valence-corrected chi connectivity index (χ2v) is 6.91. The normalized spacial score (nSPS) is 18.3. The summed E-state index contributed by atoms with van der Waals surface area (Å²) in [6.45, 7) is 0.132. The summed E-state index contributed by atoms with van der Waals surface area (Å²) in [7, 11) is 0. The molecular formula is C17H20F3N3O3. The minimum absolute atomic E-state index is 0.132. The average molecular weight is 371 g/mol. The highest BCUT2D eigenvalue weighted by atomic mass is 19.4. The topological polar surface area (TPSA) is 94.3 Å². The van der Waals surface area contributed by atoms with Crippen LogP contribution in [0.5, 0.6) is 5.88 Å². The lowest BCUT2D eigenvalue weighted by molar-refractivity contribution is -0.139. The fourth-order valence-corrected chi connectivity index (χ4v) is 2.54. The van der Waals surface area contributed by atoms with Crippen molar-refractivity contribution in [2.75, 3.05) is 6.61 Å². The molecule has 0 aliphatic heterocycles. The number of pyridine rings is 1. The molecule has 26 heavy (non-hydrogen) atoms. The van der Waals surface area contributed by atoms with E-state index >= 15 is 0 Å². The number of primary amides is 1. The average Bonchev–Trinajstić information content (AvgIpc) is 3.45. The zero-order valence-electron chi connectivity index (χ0n) is 14.0. The van der Waals surface area contributed by atoms with Crippen LogP contribution in [0, 0.1) is 11.8 Å². The number of rotatable bonds is 8. The Balaban J connectivity index is 1.75. The molecule has 0 spiro atoms. The van der Waals surface area contributed by atoms with Crippen LogP contribution >= 0.6 is 0 Å². The minimum Gasteiger partial charge on any atom is -0.477 e. The second kappa shape index (κ2) is 7.13. The summed E-state index contributed by atoms with van der Waals surface area (Å²) in [5.41, 5.74) is 4.02. The van der Waals surface area contributed by atoms with Gasteiger partial charge in [-0.1, -0.05) is 12.8 Å². The van der Waals surface area contributed by atoms with Crippen LogP contribution in [-0.2, 0) is 11.0 Å². The molecule has 1 atom stereocenters. The third-order valence-electron chi connectivity index (χ3n) is 4.47. The molecule has 3 N–H and O–H groups in total. The Kier molecular flexibility index (Phi) is 5.06. The lowest BCUT2D eigenvalue weighted by Gasteiger charge is -2.16. The van der Waals surface area contributed by atoms with Crippen LogP contribution in [0.15, 0.2) is 12.1 Å². The highest BCUT2D eigenvalue weighted by molar-refractivity contribution is 5.96.